The maximum Gasteiger partial charge on any atom is 0.119 e. The van der Waals surface area contributed by atoms with Crippen LogP contribution in [0.4, 0.5) is 0 Å². The Kier molecular flexibility index (Phi) is 7.40. The predicted octanol–water partition coefficient (Wildman–Crippen LogP) is 2.02. The van der Waals surface area contributed by atoms with Gasteiger partial charge in [-0.1, -0.05) is 24.1 Å². The molecule has 16 heavy (non-hydrogen) atoms. The number of benzene rings is 1. The van der Waals surface area contributed by atoms with Gasteiger partial charge >= 0.3 is 0 Å². The zero-order valence-corrected chi connectivity index (χ0v) is 10.1. The zero-order valence-electron chi connectivity index (χ0n) is 9.32. The van der Waals surface area contributed by atoms with E-state index in [1.165, 1.54) is 0 Å². The molecule has 0 saturated heterocycles. The lowest BCUT2D eigenvalue weighted by molar-refractivity contribution is 0.315. The Morgan fingerprint density at radius 2 is 2.06 bits per heavy atom. The van der Waals surface area contributed by atoms with Gasteiger partial charge in [0.2, 0.25) is 0 Å². The highest BCUT2D eigenvalue weighted by Crippen LogP contribution is 2.07. The highest BCUT2D eigenvalue weighted by atomic mass is 32.2. The van der Waals surface area contributed by atoms with Crippen LogP contribution >= 0.6 is 11.8 Å². The van der Waals surface area contributed by atoms with Crippen LogP contribution in [-0.4, -0.2) is 31.2 Å². The quantitative estimate of drug-likeness (QED) is 0.550. The predicted molar refractivity (Wildman–Crippen MR) is 71.0 cm³/mol. The fraction of sp³-hybridized carbons (Fsp3) is 0.385. The Morgan fingerprint density at radius 3 is 2.81 bits per heavy atom. The van der Waals surface area contributed by atoms with E-state index in [4.69, 9.17) is 11.2 Å². The van der Waals surface area contributed by atoms with E-state index in [1.807, 2.05) is 30.3 Å². The number of ether oxygens (including phenoxy) is 1. The second kappa shape index (κ2) is 9.14. The molecule has 0 aliphatic heterocycles. The average Bonchev–Trinajstić information content (AvgIpc) is 2.34. The van der Waals surface area contributed by atoms with Gasteiger partial charge in [-0.2, -0.15) is 0 Å². The molecule has 1 aromatic carbocycles. The molecule has 0 aliphatic rings. The van der Waals surface area contributed by atoms with Crippen molar-refractivity contribution in [2.24, 2.45) is 0 Å². The van der Waals surface area contributed by atoms with Crippen molar-refractivity contribution in [3.8, 4) is 18.1 Å². The van der Waals surface area contributed by atoms with Crippen LogP contribution in [0.2, 0.25) is 0 Å². The Hall–Kier alpha value is -1.11. The number of nitrogens with one attached hydrogen (secondary N) is 1. The molecule has 2 nitrogen and oxygen atoms in total. The molecular formula is C13H17NOS. The standard InChI is InChI=1S/C13H17NOS/c1-2-11-16-12-9-14-8-10-15-13-6-4-3-5-7-13/h1,3-7,14H,8-12H2. The highest BCUT2D eigenvalue weighted by molar-refractivity contribution is 7.99. The van der Waals surface area contributed by atoms with Crippen LogP contribution in [-0.2, 0) is 0 Å². The molecule has 0 fully saturated rings. The summed E-state index contributed by atoms with van der Waals surface area (Å²) in [6.07, 6.45) is 5.14. The number of hydrogen-bond donors (Lipinski definition) is 1. The van der Waals surface area contributed by atoms with Gasteiger partial charge in [0.15, 0.2) is 0 Å². The van der Waals surface area contributed by atoms with Crippen molar-refractivity contribution in [1.82, 2.24) is 5.32 Å². The van der Waals surface area contributed by atoms with Crippen LogP contribution in [0.5, 0.6) is 5.75 Å². The number of hydrogen-bond acceptors (Lipinski definition) is 3. The summed E-state index contributed by atoms with van der Waals surface area (Å²) in [5.74, 6) is 5.37. The lowest BCUT2D eigenvalue weighted by Gasteiger charge is -2.06. The minimum atomic E-state index is 0.698. The Balaban J connectivity index is 1.91. The summed E-state index contributed by atoms with van der Waals surface area (Å²) >= 11 is 1.77. The molecule has 0 saturated carbocycles. The van der Waals surface area contributed by atoms with Crippen molar-refractivity contribution in [3.63, 3.8) is 0 Å². The molecule has 1 N–H and O–H groups in total. The van der Waals surface area contributed by atoms with Gasteiger partial charge in [-0.25, -0.2) is 0 Å². The zero-order chi connectivity index (χ0) is 11.5. The van der Waals surface area contributed by atoms with Crippen molar-refractivity contribution in [2.75, 3.05) is 31.2 Å². The summed E-state index contributed by atoms with van der Waals surface area (Å²) in [6, 6.07) is 9.85. The number of terminal acetylenes is 1. The summed E-state index contributed by atoms with van der Waals surface area (Å²) in [7, 11) is 0. The molecule has 86 valence electrons. The van der Waals surface area contributed by atoms with E-state index in [0.717, 1.165) is 30.3 Å². The first-order valence-corrected chi connectivity index (χ1v) is 6.48. The fourth-order valence-electron chi connectivity index (χ4n) is 1.16. The van der Waals surface area contributed by atoms with E-state index in [0.29, 0.717) is 6.61 Å². The average molecular weight is 235 g/mol. The smallest absolute Gasteiger partial charge is 0.119 e. The summed E-state index contributed by atoms with van der Waals surface area (Å²) < 4.78 is 5.53. The summed E-state index contributed by atoms with van der Waals surface area (Å²) in [5.41, 5.74) is 0. The lowest BCUT2D eigenvalue weighted by atomic mass is 10.3. The largest absolute Gasteiger partial charge is 0.492 e. The van der Waals surface area contributed by atoms with Gasteiger partial charge in [0.25, 0.3) is 0 Å². The summed E-state index contributed by atoms with van der Waals surface area (Å²) in [4.78, 5) is 0. The van der Waals surface area contributed by atoms with Crippen molar-refractivity contribution in [2.45, 2.75) is 0 Å². The van der Waals surface area contributed by atoms with Crippen LogP contribution in [0, 0.1) is 12.3 Å². The minimum Gasteiger partial charge on any atom is -0.492 e. The molecule has 3 heteroatoms. The summed E-state index contributed by atoms with van der Waals surface area (Å²) in [6.45, 7) is 2.54. The maximum atomic E-state index is 5.53. The molecule has 0 amide bonds. The van der Waals surface area contributed by atoms with Crippen molar-refractivity contribution in [3.05, 3.63) is 30.3 Å². The van der Waals surface area contributed by atoms with Gasteiger partial charge in [0.1, 0.15) is 12.4 Å². The van der Waals surface area contributed by atoms with E-state index in [2.05, 4.69) is 11.2 Å². The van der Waals surface area contributed by atoms with Crippen molar-refractivity contribution >= 4 is 11.8 Å². The van der Waals surface area contributed by atoms with Gasteiger partial charge in [-0.05, 0) is 12.1 Å². The third kappa shape index (κ3) is 6.39. The molecule has 0 bridgehead atoms. The first kappa shape index (κ1) is 13.0. The normalized spacial score (nSPS) is 9.69. The van der Waals surface area contributed by atoms with E-state index in [9.17, 15) is 0 Å². The van der Waals surface area contributed by atoms with Crippen LogP contribution < -0.4 is 10.1 Å². The molecule has 0 atom stereocenters. The highest BCUT2D eigenvalue weighted by Gasteiger charge is 1.91. The molecule has 0 spiro atoms. The number of rotatable bonds is 8. The van der Waals surface area contributed by atoms with Gasteiger partial charge in [-0.3, -0.25) is 0 Å². The first-order valence-electron chi connectivity index (χ1n) is 5.33. The molecule has 0 unspecified atom stereocenters. The maximum absolute atomic E-state index is 5.53. The molecule has 0 heterocycles. The monoisotopic (exact) mass is 235 g/mol. The Morgan fingerprint density at radius 1 is 1.25 bits per heavy atom. The minimum absolute atomic E-state index is 0.698. The molecule has 1 aromatic rings. The Bertz CT molecular complexity index is 307. The molecule has 0 radical (unpaired) electrons. The van der Waals surface area contributed by atoms with Gasteiger partial charge in [0.05, 0.1) is 5.75 Å². The number of thioether (sulfide) groups is 1. The fourth-order valence-corrected chi connectivity index (χ4v) is 1.71. The van der Waals surface area contributed by atoms with Crippen LogP contribution in [0.25, 0.3) is 0 Å². The van der Waals surface area contributed by atoms with Gasteiger partial charge in [-0.15, -0.1) is 18.2 Å². The molecule has 0 aliphatic carbocycles. The van der Waals surface area contributed by atoms with E-state index >= 15 is 0 Å². The van der Waals surface area contributed by atoms with E-state index in [1.54, 1.807) is 11.8 Å². The molecule has 1 rings (SSSR count). The second-order valence-corrected chi connectivity index (χ2v) is 4.27. The molecule has 0 aromatic heterocycles. The van der Waals surface area contributed by atoms with Crippen molar-refractivity contribution < 1.29 is 4.74 Å². The third-order valence-electron chi connectivity index (χ3n) is 1.90. The van der Waals surface area contributed by atoms with Crippen LogP contribution in [0.3, 0.4) is 0 Å². The Labute approximate surface area is 102 Å². The summed E-state index contributed by atoms with van der Waals surface area (Å²) in [5, 5.41) is 3.30. The van der Waals surface area contributed by atoms with Crippen LogP contribution in [0.1, 0.15) is 0 Å². The third-order valence-corrected chi connectivity index (χ3v) is 2.76. The van der Waals surface area contributed by atoms with Gasteiger partial charge < -0.3 is 10.1 Å². The van der Waals surface area contributed by atoms with E-state index in [-0.39, 0.29) is 0 Å². The first-order chi connectivity index (χ1) is 7.93. The van der Waals surface area contributed by atoms with Crippen LogP contribution in [0.15, 0.2) is 30.3 Å². The second-order valence-electron chi connectivity index (χ2n) is 3.17. The van der Waals surface area contributed by atoms with Gasteiger partial charge in [0, 0.05) is 18.8 Å². The van der Waals surface area contributed by atoms with Crippen molar-refractivity contribution in [1.29, 1.82) is 0 Å². The lowest BCUT2D eigenvalue weighted by Crippen LogP contribution is -2.23. The number of para-hydroxylation sites is 1. The van der Waals surface area contributed by atoms with E-state index < -0.39 is 0 Å². The SMILES string of the molecule is C#CCSCCNCCOc1ccccc1. The molecular weight excluding hydrogens is 218 g/mol. The topological polar surface area (TPSA) is 21.3 Å².